The Balaban J connectivity index is 2.70. The minimum Gasteiger partial charge on any atom is -0.465 e. The van der Waals surface area contributed by atoms with Crippen molar-refractivity contribution in [3.8, 4) is 0 Å². The van der Waals surface area contributed by atoms with E-state index in [1.54, 1.807) is 0 Å². The van der Waals surface area contributed by atoms with Gasteiger partial charge >= 0.3 is 6.09 Å². The van der Waals surface area contributed by atoms with E-state index in [1.807, 2.05) is 0 Å². The average molecular weight is 194 g/mol. The molecule has 13 heavy (non-hydrogen) atoms. The number of hydrogen-bond acceptors (Lipinski definition) is 2. The molecule has 0 bridgehead atoms. The van der Waals surface area contributed by atoms with Crippen molar-refractivity contribution in [3.63, 3.8) is 0 Å². The second kappa shape index (κ2) is 3.45. The number of rotatable bonds is 1. The maximum Gasteiger partial charge on any atom is 0.407 e. The van der Waals surface area contributed by atoms with Gasteiger partial charge in [0.1, 0.15) is 6.04 Å². The zero-order valence-corrected chi connectivity index (χ0v) is 7.26. The lowest BCUT2D eigenvalue weighted by Gasteiger charge is -2.36. The normalized spacial score (nSPS) is 26.8. The van der Waals surface area contributed by atoms with E-state index in [4.69, 9.17) is 5.11 Å². The summed E-state index contributed by atoms with van der Waals surface area (Å²) in [6, 6.07) is -1.20. The molecule has 6 heteroatoms. The highest BCUT2D eigenvalue weighted by molar-refractivity contribution is 5.65. The van der Waals surface area contributed by atoms with Crippen molar-refractivity contribution >= 4 is 6.09 Å². The molecule has 4 nitrogen and oxygen atoms in total. The molecule has 1 unspecified atom stereocenters. The highest BCUT2D eigenvalue weighted by atomic mass is 19.3. The van der Waals surface area contributed by atoms with E-state index in [0.29, 0.717) is 11.4 Å². The van der Waals surface area contributed by atoms with Crippen molar-refractivity contribution in [1.29, 1.82) is 0 Å². The smallest absolute Gasteiger partial charge is 0.407 e. The number of piperidine rings is 1. The Morgan fingerprint density at radius 1 is 1.69 bits per heavy atom. The Morgan fingerprint density at radius 2 is 2.31 bits per heavy atom. The van der Waals surface area contributed by atoms with Gasteiger partial charge in [0.15, 0.2) is 0 Å². The molecule has 1 aliphatic heterocycles. The molecule has 76 valence electrons. The molecule has 0 radical (unpaired) electrons. The topological polar surface area (TPSA) is 52.6 Å². The number of carbonyl (C=O) groups is 1. The van der Waals surface area contributed by atoms with E-state index in [-0.39, 0.29) is 6.42 Å². The van der Waals surface area contributed by atoms with E-state index in [2.05, 4.69) is 5.32 Å². The lowest BCUT2D eigenvalue weighted by molar-refractivity contribution is -0.0823. The van der Waals surface area contributed by atoms with Gasteiger partial charge in [-0.05, 0) is 13.0 Å². The van der Waals surface area contributed by atoms with Crippen molar-refractivity contribution in [2.45, 2.75) is 18.4 Å². The fourth-order valence-corrected chi connectivity index (χ4v) is 1.43. The van der Waals surface area contributed by atoms with Gasteiger partial charge in [-0.2, -0.15) is 0 Å². The molecule has 1 rings (SSSR count). The number of nitrogens with zero attached hydrogens (tertiary/aromatic N) is 1. The van der Waals surface area contributed by atoms with Gasteiger partial charge in [0, 0.05) is 7.05 Å². The average Bonchev–Trinajstić information content (AvgIpc) is 2.02. The van der Waals surface area contributed by atoms with Crippen molar-refractivity contribution in [2.24, 2.45) is 0 Å². The maximum atomic E-state index is 13.1. The van der Waals surface area contributed by atoms with Crippen LogP contribution in [0.2, 0.25) is 0 Å². The van der Waals surface area contributed by atoms with Crippen LogP contribution in [0.3, 0.4) is 0 Å². The molecule has 1 amide bonds. The molecule has 0 saturated carbocycles. The standard InChI is InChI=1S/C7H12F2N2O2/c1-11(6(12)13)5-2-3-10-4-7(5,8)9/h5,10H,2-4H2,1H3,(H,12,13). The van der Waals surface area contributed by atoms with Gasteiger partial charge in [-0.3, -0.25) is 0 Å². The fourth-order valence-electron chi connectivity index (χ4n) is 1.43. The van der Waals surface area contributed by atoms with Gasteiger partial charge < -0.3 is 15.3 Å². The second-order valence-corrected chi connectivity index (χ2v) is 3.14. The van der Waals surface area contributed by atoms with Crippen LogP contribution in [0.25, 0.3) is 0 Å². The van der Waals surface area contributed by atoms with Gasteiger partial charge in [-0.1, -0.05) is 0 Å². The maximum absolute atomic E-state index is 13.1. The molecule has 0 aromatic carbocycles. The van der Waals surface area contributed by atoms with E-state index >= 15 is 0 Å². The van der Waals surface area contributed by atoms with Gasteiger partial charge in [0.05, 0.1) is 6.54 Å². The summed E-state index contributed by atoms with van der Waals surface area (Å²) in [5, 5.41) is 11.1. The fraction of sp³-hybridized carbons (Fsp3) is 0.857. The molecule has 0 aliphatic carbocycles. The molecular weight excluding hydrogens is 182 g/mol. The Kier molecular flexibility index (Phi) is 2.70. The molecule has 0 aromatic rings. The summed E-state index contributed by atoms with van der Waals surface area (Å²) >= 11 is 0. The quantitative estimate of drug-likeness (QED) is 0.642. The molecule has 0 spiro atoms. The summed E-state index contributed by atoms with van der Waals surface area (Å²) in [4.78, 5) is 11.1. The van der Waals surface area contributed by atoms with Crippen molar-refractivity contribution in [3.05, 3.63) is 0 Å². The van der Waals surface area contributed by atoms with E-state index < -0.39 is 24.6 Å². The Morgan fingerprint density at radius 3 is 2.77 bits per heavy atom. The molecule has 2 N–H and O–H groups in total. The zero-order chi connectivity index (χ0) is 10.1. The summed E-state index contributed by atoms with van der Waals surface area (Å²) in [5.74, 6) is -2.97. The molecule has 1 saturated heterocycles. The molecule has 1 heterocycles. The van der Waals surface area contributed by atoms with Gasteiger partial charge in [-0.25, -0.2) is 13.6 Å². The van der Waals surface area contributed by atoms with Gasteiger partial charge in [0.2, 0.25) is 0 Å². The first kappa shape index (κ1) is 10.2. The van der Waals surface area contributed by atoms with E-state index in [1.165, 1.54) is 7.05 Å². The first-order chi connectivity index (χ1) is 5.95. The van der Waals surface area contributed by atoms with Crippen LogP contribution in [-0.2, 0) is 0 Å². The predicted octanol–water partition coefficient (Wildman–Crippen LogP) is 0.593. The lowest BCUT2D eigenvalue weighted by Crippen LogP contribution is -2.57. The van der Waals surface area contributed by atoms with Crippen molar-refractivity contribution in [2.75, 3.05) is 20.1 Å². The number of hydrogen-bond donors (Lipinski definition) is 2. The predicted molar refractivity (Wildman–Crippen MR) is 42.0 cm³/mol. The number of nitrogens with one attached hydrogen (secondary N) is 1. The summed E-state index contributed by atoms with van der Waals surface area (Å²) in [6.07, 6.45) is -1.16. The molecule has 1 fully saturated rings. The third kappa shape index (κ3) is 2.06. The van der Waals surface area contributed by atoms with Crippen LogP contribution < -0.4 is 5.32 Å². The SMILES string of the molecule is CN(C(=O)O)C1CCNCC1(F)F. The van der Waals surface area contributed by atoms with Crippen LogP contribution in [0, 0.1) is 0 Å². The summed E-state index contributed by atoms with van der Waals surface area (Å²) in [6.45, 7) is -0.0207. The van der Waals surface area contributed by atoms with Crippen LogP contribution >= 0.6 is 0 Å². The second-order valence-electron chi connectivity index (χ2n) is 3.14. The first-order valence-corrected chi connectivity index (χ1v) is 3.99. The number of amides is 1. The van der Waals surface area contributed by atoms with E-state index in [0.717, 1.165) is 0 Å². The van der Waals surface area contributed by atoms with Crippen LogP contribution in [-0.4, -0.2) is 48.2 Å². The minimum absolute atomic E-state index is 0.149. The van der Waals surface area contributed by atoms with Crippen LogP contribution in [0.4, 0.5) is 13.6 Å². The molecule has 1 aliphatic rings. The van der Waals surface area contributed by atoms with E-state index in [9.17, 15) is 13.6 Å². The first-order valence-electron chi connectivity index (χ1n) is 3.99. The minimum atomic E-state index is -2.97. The molecule has 1 atom stereocenters. The lowest BCUT2D eigenvalue weighted by atomic mass is 10.0. The summed E-state index contributed by atoms with van der Waals surface area (Å²) in [5.41, 5.74) is 0. The summed E-state index contributed by atoms with van der Waals surface area (Å²) < 4.78 is 26.2. The summed E-state index contributed by atoms with van der Waals surface area (Å²) in [7, 11) is 1.17. The van der Waals surface area contributed by atoms with Gasteiger partial charge in [0.25, 0.3) is 5.92 Å². The Hall–Kier alpha value is -0.910. The van der Waals surface area contributed by atoms with Crippen molar-refractivity contribution in [1.82, 2.24) is 10.2 Å². The largest absolute Gasteiger partial charge is 0.465 e. The zero-order valence-electron chi connectivity index (χ0n) is 7.26. The molecular formula is C7H12F2N2O2. The van der Waals surface area contributed by atoms with Crippen LogP contribution in [0.1, 0.15) is 6.42 Å². The molecule has 0 aromatic heterocycles. The van der Waals surface area contributed by atoms with Crippen LogP contribution in [0.15, 0.2) is 0 Å². The third-order valence-electron chi connectivity index (χ3n) is 2.21. The number of carboxylic acid groups (broad SMARTS) is 1. The highest BCUT2D eigenvalue weighted by Crippen LogP contribution is 2.26. The monoisotopic (exact) mass is 194 g/mol. The Labute approximate surface area is 74.5 Å². The van der Waals surface area contributed by atoms with Gasteiger partial charge in [-0.15, -0.1) is 0 Å². The number of alkyl halides is 2. The van der Waals surface area contributed by atoms with Crippen molar-refractivity contribution < 1.29 is 18.7 Å². The Bertz CT molecular complexity index is 211. The van der Waals surface area contributed by atoms with Crippen LogP contribution in [0.5, 0.6) is 0 Å². The number of halogens is 2. The third-order valence-corrected chi connectivity index (χ3v) is 2.21. The highest BCUT2D eigenvalue weighted by Gasteiger charge is 2.45.